The average molecular weight is 268 g/mol. The summed E-state index contributed by atoms with van der Waals surface area (Å²) in [6.07, 6.45) is 0. The molecule has 0 atom stereocenters. The van der Waals surface area contributed by atoms with Gasteiger partial charge in [0.05, 0.1) is 5.69 Å². The van der Waals surface area contributed by atoms with E-state index in [1.165, 1.54) is 11.3 Å². The van der Waals surface area contributed by atoms with Crippen LogP contribution in [0.25, 0.3) is 10.4 Å². The lowest BCUT2D eigenvalue weighted by Crippen LogP contribution is -1.97. The van der Waals surface area contributed by atoms with Gasteiger partial charge in [-0.25, -0.2) is 4.79 Å². The number of carboxylic acid groups (broad SMARTS) is 1. The predicted octanol–water partition coefficient (Wildman–Crippen LogP) is 3.66. The molecule has 0 saturated carbocycles. The molecule has 3 nitrogen and oxygen atoms in total. The smallest absolute Gasteiger partial charge is 0.348 e. The van der Waals surface area contributed by atoms with Crippen molar-refractivity contribution in [2.24, 2.45) is 0 Å². The minimum Gasteiger partial charge on any atom is -0.477 e. The van der Waals surface area contributed by atoms with E-state index in [1.54, 1.807) is 12.1 Å². The second-order valence-corrected chi connectivity index (χ2v) is 5.07. The minimum atomic E-state index is -0.996. The molecule has 2 rings (SSSR count). The number of halogens is 1. The summed E-state index contributed by atoms with van der Waals surface area (Å²) in [5.41, 5.74) is 7.78. The molecule has 5 heteroatoms. The largest absolute Gasteiger partial charge is 0.477 e. The first-order valence-electron chi connectivity index (χ1n) is 4.89. The molecule has 1 aromatic heterocycles. The Bertz CT molecular complexity index is 592. The van der Waals surface area contributed by atoms with Crippen molar-refractivity contribution in [3.05, 3.63) is 39.7 Å². The molecule has 0 bridgehead atoms. The minimum absolute atomic E-state index is 0.178. The lowest BCUT2D eigenvalue weighted by atomic mass is 10.1. The van der Waals surface area contributed by atoms with Crippen LogP contribution in [-0.4, -0.2) is 11.1 Å². The number of nitrogens with two attached hydrogens (primary N) is 1. The van der Waals surface area contributed by atoms with Crippen LogP contribution in [-0.2, 0) is 0 Å². The van der Waals surface area contributed by atoms with E-state index in [9.17, 15) is 4.79 Å². The Morgan fingerprint density at radius 3 is 2.71 bits per heavy atom. The molecule has 1 aromatic carbocycles. The van der Waals surface area contributed by atoms with E-state index in [0.29, 0.717) is 10.7 Å². The van der Waals surface area contributed by atoms with Gasteiger partial charge >= 0.3 is 5.97 Å². The van der Waals surface area contributed by atoms with Gasteiger partial charge < -0.3 is 10.8 Å². The fourth-order valence-corrected chi connectivity index (χ4v) is 2.84. The van der Waals surface area contributed by atoms with Gasteiger partial charge in [-0.3, -0.25) is 0 Å². The SMILES string of the molecule is Cc1c(-c2cccc(Cl)c2)sc(C(=O)O)c1N. The quantitative estimate of drug-likeness (QED) is 0.873. The van der Waals surface area contributed by atoms with Crippen molar-refractivity contribution >= 4 is 34.6 Å². The van der Waals surface area contributed by atoms with Gasteiger partial charge in [-0.15, -0.1) is 11.3 Å². The normalized spacial score (nSPS) is 10.5. The maximum atomic E-state index is 11.0. The molecule has 2 aromatic rings. The summed E-state index contributed by atoms with van der Waals surface area (Å²) in [4.78, 5) is 12.0. The molecule has 17 heavy (non-hydrogen) atoms. The van der Waals surface area contributed by atoms with Crippen LogP contribution in [0.4, 0.5) is 5.69 Å². The van der Waals surface area contributed by atoms with Gasteiger partial charge in [-0.1, -0.05) is 23.7 Å². The third-order valence-corrected chi connectivity index (χ3v) is 4.05. The van der Waals surface area contributed by atoms with Crippen LogP contribution in [0.5, 0.6) is 0 Å². The Balaban J connectivity index is 2.61. The van der Waals surface area contributed by atoms with E-state index in [4.69, 9.17) is 22.4 Å². The maximum Gasteiger partial charge on any atom is 0.348 e. The summed E-state index contributed by atoms with van der Waals surface area (Å²) in [6, 6.07) is 7.28. The number of nitrogen functional groups attached to an aromatic ring is 1. The van der Waals surface area contributed by atoms with Crippen LogP contribution in [0.1, 0.15) is 15.2 Å². The highest BCUT2D eigenvalue weighted by Crippen LogP contribution is 2.38. The van der Waals surface area contributed by atoms with Crippen LogP contribution in [0.3, 0.4) is 0 Å². The Morgan fingerprint density at radius 2 is 2.18 bits per heavy atom. The molecule has 0 aliphatic carbocycles. The molecule has 3 N–H and O–H groups in total. The van der Waals surface area contributed by atoms with Crippen molar-refractivity contribution in [1.82, 2.24) is 0 Å². The first-order chi connectivity index (χ1) is 8.00. The van der Waals surface area contributed by atoms with E-state index >= 15 is 0 Å². The van der Waals surface area contributed by atoms with E-state index < -0.39 is 5.97 Å². The summed E-state index contributed by atoms with van der Waals surface area (Å²) in [5.74, 6) is -0.996. The molecular weight excluding hydrogens is 258 g/mol. The molecule has 88 valence electrons. The third-order valence-electron chi connectivity index (χ3n) is 2.47. The number of aromatic carboxylic acids is 1. The van der Waals surface area contributed by atoms with Gasteiger partial charge in [0.1, 0.15) is 4.88 Å². The zero-order valence-electron chi connectivity index (χ0n) is 9.03. The summed E-state index contributed by atoms with van der Waals surface area (Å²) in [6.45, 7) is 1.81. The Hall–Kier alpha value is -1.52. The van der Waals surface area contributed by atoms with Crippen molar-refractivity contribution in [2.45, 2.75) is 6.92 Å². The monoisotopic (exact) mass is 267 g/mol. The summed E-state index contributed by atoms with van der Waals surface area (Å²) in [5, 5.41) is 9.63. The van der Waals surface area contributed by atoms with Gasteiger partial charge in [0.15, 0.2) is 0 Å². The maximum absolute atomic E-state index is 11.0. The third kappa shape index (κ3) is 2.14. The molecule has 0 radical (unpaired) electrons. The highest BCUT2D eigenvalue weighted by molar-refractivity contribution is 7.18. The van der Waals surface area contributed by atoms with Gasteiger partial charge in [-0.2, -0.15) is 0 Å². The molecular formula is C12H10ClNO2S. The van der Waals surface area contributed by atoms with Crippen LogP contribution in [0, 0.1) is 6.92 Å². The molecule has 0 amide bonds. The Morgan fingerprint density at radius 1 is 1.47 bits per heavy atom. The van der Waals surface area contributed by atoms with E-state index in [0.717, 1.165) is 16.0 Å². The van der Waals surface area contributed by atoms with Gasteiger partial charge in [0.2, 0.25) is 0 Å². The van der Waals surface area contributed by atoms with Crippen molar-refractivity contribution in [1.29, 1.82) is 0 Å². The Labute approximate surface area is 107 Å². The van der Waals surface area contributed by atoms with Crippen molar-refractivity contribution in [2.75, 3.05) is 5.73 Å². The van der Waals surface area contributed by atoms with Crippen LogP contribution < -0.4 is 5.73 Å². The van der Waals surface area contributed by atoms with E-state index in [2.05, 4.69) is 0 Å². The number of benzene rings is 1. The number of anilines is 1. The zero-order valence-corrected chi connectivity index (χ0v) is 10.6. The van der Waals surface area contributed by atoms with Crippen LogP contribution in [0.2, 0.25) is 5.02 Å². The Kier molecular flexibility index (Phi) is 3.09. The fourth-order valence-electron chi connectivity index (χ4n) is 1.59. The molecule has 0 unspecified atom stereocenters. The highest BCUT2D eigenvalue weighted by atomic mass is 35.5. The number of hydrogen-bond donors (Lipinski definition) is 2. The topological polar surface area (TPSA) is 63.3 Å². The van der Waals surface area contributed by atoms with Crippen LogP contribution in [0.15, 0.2) is 24.3 Å². The van der Waals surface area contributed by atoms with Crippen molar-refractivity contribution < 1.29 is 9.90 Å². The lowest BCUT2D eigenvalue weighted by Gasteiger charge is -2.00. The van der Waals surface area contributed by atoms with E-state index in [1.807, 2.05) is 19.1 Å². The second kappa shape index (κ2) is 4.39. The fraction of sp³-hybridized carbons (Fsp3) is 0.0833. The van der Waals surface area contributed by atoms with Crippen molar-refractivity contribution in [3.8, 4) is 10.4 Å². The molecule has 0 aliphatic heterocycles. The number of thiophene rings is 1. The van der Waals surface area contributed by atoms with Crippen LogP contribution >= 0.6 is 22.9 Å². The van der Waals surface area contributed by atoms with Gasteiger partial charge in [0, 0.05) is 9.90 Å². The lowest BCUT2D eigenvalue weighted by molar-refractivity contribution is 0.0703. The van der Waals surface area contributed by atoms with Gasteiger partial charge in [-0.05, 0) is 30.2 Å². The zero-order chi connectivity index (χ0) is 12.6. The molecule has 0 spiro atoms. The second-order valence-electron chi connectivity index (χ2n) is 3.61. The first kappa shape index (κ1) is 12.0. The number of hydrogen-bond acceptors (Lipinski definition) is 3. The summed E-state index contributed by atoms with van der Waals surface area (Å²) < 4.78 is 0. The summed E-state index contributed by atoms with van der Waals surface area (Å²) in [7, 11) is 0. The molecule has 0 aliphatic rings. The summed E-state index contributed by atoms with van der Waals surface area (Å²) >= 11 is 7.09. The van der Waals surface area contributed by atoms with Gasteiger partial charge in [0.25, 0.3) is 0 Å². The first-order valence-corrected chi connectivity index (χ1v) is 6.08. The standard InChI is InChI=1S/C12H10ClNO2S/c1-6-9(14)11(12(15)16)17-10(6)7-3-2-4-8(13)5-7/h2-5H,14H2,1H3,(H,15,16). The van der Waals surface area contributed by atoms with E-state index in [-0.39, 0.29) is 4.88 Å². The molecule has 1 heterocycles. The number of rotatable bonds is 2. The molecule has 0 fully saturated rings. The number of carbonyl (C=O) groups is 1. The van der Waals surface area contributed by atoms with Crippen molar-refractivity contribution in [3.63, 3.8) is 0 Å². The predicted molar refractivity (Wildman–Crippen MR) is 70.9 cm³/mol. The average Bonchev–Trinajstić information content (AvgIpc) is 2.56. The number of carboxylic acids is 1. The molecule has 0 saturated heterocycles. The highest BCUT2D eigenvalue weighted by Gasteiger charge is 2.18.